The minimum Gasteiger partial charge on any atom is -0.490 e. The number of rotatable bonds is 10. The first kappa shape index (κ1) is 22.7. The van der Waals surface area contributed by atoms with Crippen LogP contribution in [0.15, 0.2) is 78.3 Å². The molecule has 3 aromatic carbocycles. The van der Waals surface area contributed by atoms with Crippen molar-refractivity contribution >= 4 is 17.6 Å². The van der Waals surface area contributed by atoms with Gasteiger partial charge in [0.2, 0.25) is 0 Å². The van der Waals surface area contributed by atoms with Crippen molar-refractivity contribution in [1.29, 1.82) is 0 Å². The molecule has 0 aliphatic carbocycles. The van der Waals surface area contributed by atoms with Gasteiger partial charge in [-0.05, 0) is 55.7 Å². The number of aryl methyl sites for hydroxylation is 1. The van der Waals surface area contributed by atoms with Crippen LogP contribution in [0.2, 0.25) is 0 Å². The van der Waals surface area contributed by atoms with Crippen molar-refractivity contribution in [2.24, 2.45) is 4.99 Å². The molecule has 3 rings (SSSR count). The van der Waals surface area contributed by atoms with E-state index in [9.17, 15) is 10.1 Å². The van der Waals surface area contributed by atoms with E-state index in [0.29, 0.717) is 36.8 Å². The molecule has 0 bridgehead atoms. The van der Waals surface area contributed by atoms with Gasteiger partial charge in [-0.2, -0.15) is 0 Å². The number of non-ortho nitro benzene ring substituents is 1. The number of allylic oxidation sites excluding steroid dienone is 1. The second-order valence-electron chi connectivity index (χ2n) is 7.24. The lowest BCUT2D eigenvalue weighted by molar-refractivity contribution is -0.384. The topological polar surface area (TPSA) is 74.0 Å². The Morgan fingerprint density at radius 1 is 1.06 bits per heavy atom. The molecule has 0 amide bonds. The molecule has 0 unspecified atom stereocenters. The maximum Gasteiger partial charge on any atom is 0.269 e. The summed E-state index contributed by atoms with van der Waals surface area (Å²) in [6.45, 7) is 8.77. The van der Waals surface area contributed by atoms with E-state index in [0.717, 1.165) is 16.7 Å². The first-order chi connectivity index (χ1) is 15.5. The van der Waals surface area contributed by atoms with Crippen LogP contribution in [-0.2, 0) is 13.0 Å². The molecule has 0 N–H and O–H groups in total. The van der Waals surface area contributed by atoms with Gasteiger partial charge in [0, 0.05) is 23.9 Å². The van der Waals surface area contributed by atoms with Gasteiger partial charge in [0.05, 0.1) is 17.2 Å². The van der Waals surface area contributed by atoms with Crippen molar-refractivity contribution in [1.82, 2.24) is 0 Å². The van der Waals surface area contributed by atoms with E-state index in [1.807, 2.05) is 37.3 Å². The minimum atomic E-state index is -0.432. The molecule has 32 heavy (non-hydrogen) atoms. The molecule has 0 radical (unpaired) electrons. The summed E-state index contributed by atoms with van der Waals surface area (Å²) in [5.41, 5.74) is 4.72. The van der Waals surface area contributed by atoms with E-state index < -0.39 is 4.92 Å². The van der Waals surface area contributed by atoms with Crippen molar-refractivity contribution in [3.05, 3.63) is 106 Å². The quantitative estimate of drug-likeness (QED) is 0.162. The third kappa shape index (κ3) is 6.04. The lowest BCUT2D eigenvalue weighted by Gasteiger charge is -2.17. The van der Waals surface area contributed by atoms with Gasteiger partial charge in [-0.25, -0.2) is 0 Å². The fourth-order valence-electron chi connectivity index (χ4n) is 3.14. The molecule has 0 fully saturated rings. The molecular formula is C26H26N2O4. The summed E-state index contributed by atoms with van der Waals surface area (Å²) in [5.74, 6) is 1.34. The third-order valence-electron chi connectivity index (χ3n) is 4.75. The number of nitro groups is 1. The number of ether oxygens (including phenoxy) is 2. The minimum absolute atomic E-state index is 0.0333. The second kappa shape index (κ2) is 10.9. The molecule has 164 valence electrons. The Balaban J connectivity index is 1.87. The number of hydrogen-bond donors (Lipinski definition) is 0. The predicted molar refractivity (Wildman–Crippen MR) is 127 cm³/mol. The highest BCUT2D eigenvalue weighted by atomic mass is 16.6. The SMILES string of the molecule is C=CCc1cc(C=Nc2ccc([N+](=O)[O-])cc2)cc(OCC)c1OCc1ccc(C)cc1. The van der Waals surface area contributed by atoms with Gasteiger partial charge in [0.15, 0.2) is 11.5 Å². The van der Waals surface area contributed by atoms with E-state index in [-0.39, 0.29) is 5.69 Å². The predicted octanol–water partition coefficient (Wildman–Crippen LogP) is 6.36. The van der Waals surface area contributed by atoms with Gasteiger partial charge in [-0.3, -0.25) is 15.1 Å². The zero-order valence-corrected chi connectivity index (χ0v) is 18.3. The monoisotopic (exact) mass is 430 g/mol. The highest BCUT2D eigenvalue weighted by molar-refractivity contribution is 5.84. The van der Waals surface area contributed by atoms with E-state index >= 15 is 0 Å². The Morgan fingerprint density at radius 2 is 1.78 bits per heavy atom. The number of nitro benzene ring substituents is 1. The van der Waals surface area contributed by atoms with E-state index in [1.54, 1.807) is 18.3 Å². The van der Waals surface area contributed by atoms with Crippen LogP contribution in [0.25, 0.3) is 0 Å². The summed E-state index contributed by atoms with van der Waals surface area (Å²) in [5, 5.41) is 10.8. The molecule has 0 saturated carbocycles. The summed E-state index contributed by atoms with van der Waals surface area (Å²) in [6, 6.07) is 18.2. The summed E-state index contributed by atoms with van der Waals surface area (Å²) >= 11 is 0. The highest BCUT2D eigenvalue weighted by Crippen LogP contribution is 2.34. The van der Waals surface area contributed by atoms with Gasteiger partial charge in [0.1, 0.15) is 6.61 Å². The normalized spacial score (nSPS) is 10.8. The molecule has 0 spiro atoms. The smallest absolute Gasteiger partial charge is 0.269 e. The molecular weight excluding hydrogens is 404 g/mol. The van der Waals surface area contributed by atoms with Crippen molar-refractivity contribution < 1.29 is 14.4 Å². The molecule has 3 aromatic rings. The summed E-state index contributed by atoms with van der Waals surface area (Å²) < 4.78 is 12.0. The molecule has 0 saturated heterocycles. The van der Waals surface area contributed by atoms with E-state index in [2.05, 4.69) is 30.6 Å². The van der Waals surface area contributed by atoms with Crippen LogP contribution in [0, 0.1) is 17.0 Å². The van der Waals surface area contributed by atoms with Crippen molar-refractivity contribution in [2.75, 3.05) is 6.61 Å². The summed E-state index contributed by atoms with van der Waals surface area (Å²) in [7, 11) is 0. The third-order valence-corrected chi connectivity index (χ3v) is 4.75. The molecule has 6 heteroatoms. The van der Waals surface area contributed by atoms with Crippen molar-refractivity contribution in [3.63, 3.8) is 0 Å². The fraction of sp³-hybridized carbons (Fsp3) is 0.192. The Bertz CT molecular complexity index is 1100. The number of hydrogen-bond acceptors (Lipinski definition) is 5. The largest absolute Gasteiger partial charge is 0.490 e. The van der Waals surface area contributed by atoms with Crippen LogP contribution in [0.4, 0.5) is 11.4 Å². The number of aliphatic imine (C=N–C) groups is 1. The Kier molecular flexibility index (Phi) is 7.75. The fourth-order valence-corrected chi connectivity index (χ4v) is 3.14. The lowest BCUT2D eigenvalue weighted by Crippen LogP contribution is -2.04. The second-order valence-corrected chi connectivity index (χ2v) is 7.24. The van der Waals surface area contributed by atoms with Gasteiger partial charge in [0.25, 0.3) is 5.69 Å². The van der Waals surface area contributed by atoms with Crippen molar-refractivity contribution in [2.45, 2.75) is 26.9 Å². The average molecular weight is 431 g/mol. The molecule has 0 aliphatic rings. The van der Waals surface area contributed by atoms with Gasteiger partial charge in [-0.1, -0.05) is 35.9 Å². The van der Waals surface area contributed by atoms with Gasteiger partial charge >= 0.3 is 0 Å². The average Bonchev–Trinajstić information content (AvgIpc) is 2.79. The van der Waals surface area contributed by atoms with Crippen LogP contribution < -0.4 is 9.47 Å². The van der Waals surface area contributed by atoms with Crippen LogP contribution >= 0.6 is 0 Å². The Morgan fingerprint density at radius 3 is 2.41 bits per heavy atom. The number of benzene rings is 3. The van der Waals surface area contributed by atoms with Gasteiger partial charge in [-0.15, -0.1) is 6.58 Å². The standard InChI is InChI=1S/C26H26N2O4/c1-4-6-22-15-21(17-27-23-11-13-24(14-12-23)28(29)30)16-25(31-5-2)26(22)32-18-20-9-7-19(3)8-10-20/h4,7-17H,1,5-6,18H2,2-3H3. The lowest BCUT2D eigenvalue weighted by atomic mass is 10.1. The van der Waals surface area contributed by atoms with Gasteiger partial charge < -0.3 is 9.47 Å². The molecule has 0 heterocycles. The Labute approximate surface area is 188 Å². The van der Waals surface area contributed by atoms with Crippen LogP contribution in [0.3, 0.4) is 0 Å². The van der Waals surface area contributed by atoms with E-state index in [4.69, 9.17) is 9.47 Å². The zero-order valence-electron chi connectivity index (χ0n) is 18.3. The molecule has 0 aromatic heterocycles. The number of nitrogens with zero attached hydrogens (tertiary/aromatic N) is 2. The van der Waals surface area contributed by atoms with Crippen molar-refractivity contribution in [3.8, 4) is 11.5 Å². The summed E-state index contributed by atoms with van der Waals surface area (Å²) in [6.07, 6.45) is 4.14. The maximum atomic E-state index is 10.8. The van der Waals surface area contributed by atoms with E-state index in [1.165, 1.54) is 17.7 Å². The molecule has 0 atom stereocenters. The summed E-state index contributed by atoms with van der Waals surface area (Å²) in [4.78, 5) is 14.8. The van der Waals surface area contributed by atoms with Crippen LogP contribution in [0.5, 0.6) is 11.5 Å². The zero-order chi connectivity index (χ0) is 22.9. The molecule has 6 nitrogen and oxygen atoms in total. The van der Waals surface area contributed by atoms with Crippen LogP contribution in [0.1, 0.15) is 29.2 Å². The first-order valence-corrected chi connectivity index (χ1v) is 10.4. The highest BCUT2D eigenvalue weighted by Gasteiger charge is 2.13. The Hall–Kier alpha value is -3.93. The maximum absolute atomic E-state index is 10.8. The molecule has 0 aliphatic heterocycles. The first-order valence-electron chi connectivity index (χ1n) is 10.4. The van der Waals surface area contributed by atoms with Crippen LogP contribution in [-0.4, -0.2) is 17.7 Å².